The molecule has 1 fully saturated rings. The third-order valence-electron chi connectivity index (χ3n) is 7.39. The minimum Gasteiger partial charge on any atom is -0.354 e. The number of nitrogens with zero attached hydrogens (tertiary/aromatic N) is 5. The number of aromatic nitrogens is 4. The third-order valence-corrected chi connectivity index (χ3v) is 7.72. The SMILES string of the molecule is CC(NC(=O)c1c(N2CCCC2)nn2c(-c3ccc(C(F)(F)F)cc3)c(-c3ccccc3Cl)cnc12)c1ccccn1. The number of hydrogen-bond acceptors (Lipinski definition) is 5. The first-order chi connectivity index (χ1) is 20.2. The quantitative estimate of drug-likeness (QED) is 0.226. The van der Waals surface area contributed by atoms with Gasteiger partial charge in [-0.15, -0.1) is 5.10 Å². The van der Waals surface area contributed by atoms with E-state index in [1.54, 1.807) is 35.1 Å². The number of carbonyl (C=O) groups is 1. The van der Waals surface area contributed by atoms with Crippen LogP contribution in [-0.2, 0) is 6.18 Å². The van der Waals surface area contributed by atoms with Crippen LogP contribution in [0.3, 0.4) is 0 Å². The molecule has 42 heavy (non-hydrogen) atoms. The molecule has 1 aliphatic heterocycles. The van der Waals surface area contributed by atoms with Gasteiger partial charge >= 0.3 is 6.18 Å². The standard InChI is InChI=1S/C31H26ClF3N6O/c1-19(25-10-4-5-15-36-25)38-30(42)26-28-37-18-23(22-8-2-3-9-24(22)32)27(20-11-13-21(14-12-20)31(33,34)35)41(28)39-29(26)40-16-6-7-17-40/h2-5,8-15,18-19H,6-7,16-17H2,1H3,(H,38,42). The van der Waals surface area contributed by atoms with Gasteiger partial charge < -0.3 is 10.2 Å². The molecule has 1 N–H and O–H groups in total. The van der Waals surface area contributed by atoms with E-state index in [0.717, 1.165) is 25.0 Å². The van der Waals surface area contributed by atoms with Crippen molar-refractivity contribution in [3.05, 3.63) is 101 Å². The molecule has 0 radical (unpaired) electrons. The van der Waals surface area contributed by atoms with Crippen molar-refractivity contribution in [2.75, 3.05) is 18.0 Å². The second-order valence-corrected chi connectivity index (χ2v) is 10.6. The molecule has 0 bridgehead atoms. The molecule has 11 heteroatoms. The summed E-state index contributed by atoms with van der Waals surface area (Å²) in [5.41, 5.74) is 2.65. The maximum Gasteiger partial charge on any atom is 0.416 e. The largest absolute Gasteiger partial charge is 0.416 e. The Morgan fingerprint density at radius 1 is 0.952 bits per heavy atom. The average Bonchev–Trinajstić information content (AvgIpc) is 3.65. The van der Waals surface area contributed by atoms with Crippen molar-refractivity contribution in [2.24, 2.45) is 0 Å². The molecule has 5 aromatic rings. The predicted molar refractivity (Wildman–Crippen MR) is 155 cm³/mol. The number of anilines is 1. The first-order valence-electron chi connectivity index (χ1n) is 13.5. The van der Waals surface area contributed by atoms with Crippen LogP contribution in [0.4, 0.5) is 19.0 Å². The number of fused-ring (bicyclic) bond motifs is 1. The predicted octanol–water partition coefficient (Wildman–Crippen LogP) is 7.22. The third kappa shape index (κ3) is 5.18. The monoisotopic (exact) mass is 590 g/mol. The highest BCUT2D eigenvalue weighted by molar-refractivity contribution is 6.33. The summed E-state index contributed by atoms with van der Waals surface area (Å²) in [5.74, 6) is 0.0941. The van der Waals surface area contributed by atoms with E-state index in [-0.39, 0.29) is 11.6 Å². The molecule has 1 unspecified atom stereocenters. The van der Waals surface area contributed by atoms with E-state index in [9.17, 15) is 18.0 Å². The normalized spacial score (nSPS) is 14.4. The van der Waals surface area contributed by atoms with Crippen molar-refractivity contribution in [3.63, 3.8) is 0 Å². The molecule has 1 aliphatic rings. The number of carbonyl (C=O) groups excluding carboxylic acids is 1. The van der Waals surface area contributed by atoms with Gasteiger partial charge in [-0.1, -0.05) is 48.0 Å². The summed E-state index contributed by atoms with van der Waals surface area (Å²) < 4.78 is 41.8. The van der Waals surface area contributed by atoms with Gasteiger partial charge in [-0.05, 0) is 50.1 Å². The number of hydrogen-bond donors (Lipinski definition) is 1. The molecule has 214 valence electrons. The van der Waals surface area contributed by atoms with Crippen LogP contribution in [0.15, 0.2) is 79.1 Å². The fourth-order valence-electron chi connectivity index (χ4n) is 5.27. The summed E-state index contributed by atoms with van der Waals surface area (Å²) in [6, 6.07) is 17.1. The van der Waals surface area contributed by atoms with E-state index in [0.29, 0.717) is 57.6 Å². The van der Waals surface area contributed by atoms with Crippen LogP contribution in [0.5, 0.6) is 0 Å². The van der Waals surface area contributed by atoms with Crippen LogP contribution >= 0.6 is 11.6 Å². The Morgan fingerprint density at radius 3 is 2.33 bits per heavy atom. The van der Waals surface area contributed by atoms with Gasteiger partial charge in [-0.25, -0.2) is 9.50 Å². The lowest BCUT2D eigenvalue weighted by Crippen LogP contribution is -2.29. The van der Waals surface area contributed by atoms with Gasteiger partial charge in [0, 0.05) is 47.2 Å². The number of alkyl halides is 3. The fourth-order valence-corrected chi connectivity index (χ4v) is 5.51. The van der Waals surface area contributed by atoms with E-state index in [2.05, 4.69) is 10.3 Å². The number of rotatable bonds is 6. The summed E-state index contributed by atoms with van der Waals surface area (Å²) in [5, 5.41) is 8.37. The summed E-state index contributed by atoms with van der Waals surface area (Å²) >= 11 is 6.58. The zero-order valence-corrected chi connectivity index (χ0v) is 23.3. The van der Waals surface area contributed by atoms with Crippen molar-refractivity contribution in [2.45, 2.75) is 32.0 Å². The number of amides is 1. The Kier molecular flexibility index (Phi) is 7.32. The maximum absolute atomic E-state index is 13.9. The van der Waals surface area contributed by atoms with Crippen LogP contribution in [0.1, 0.15) is 47.4 Å². The van der Waals surface area contributed by atoms with Gasteiger partial charge in [-0.3, -0.25) is 9.78 Å². The van der Waals surface area contributed by atoms with Gasteiger partial charge in [-0.2, -0.15) is 13.2 Å². The Morgan fingerprint density at radius 2 is 1.67 bits per heavy atom. The Labute approximate surface area is 245 Å². The molecule has 0 spiro atoms. The fraction of sp³-hybridized carbons (Fsp3) is 0.226. The van der Waals surface area contributed by atoms with Gasteiger partial charge in [0.15, 0.2) is 11.5 Å². The van der Waals surface area contributed by atoms with Crippen molar-refractivity contribution in [1.82, 2.24) is 24.9 Å². The van der Waals surface area contributed by atoms with Crippen molar-refractivity contribution in [3.8, 4) is 22.4 Å². The van der Waals surface area contributed by atoms with Gasteiger partial charge in [0.05, 0.1) is 23.0 Å². The van der Waals surface area contributed by atoms with E-state index < -0.39 is 17.8 Å². The molecule has 6 rings (SSSR count). The topological polar surface area (TPSA) is 75.4 Å². The molecular formula is C31H26ClF3N6O. The molecule has 0 aliphatic carbocycles. The van der Waals surface area contributed by atoms with Gasteiger partial charge in [0.25, 0.3) is 5.91 Å². The zero-order chi connectivity index (χ0) is 29.4. The van der Waals surface area contributed by atoms with E-state index in [1.807, 2.05) is 36.1 Å². The van der Waals surface area contributed by atoms with E-state index in [1.165, 1.54) is 12.1 Å². The van der Waals surface area contributed by atoms with Crippen LogP contribution in [0.2, 0.25) is 5.02 Å². The minimum atomic E-state index is -4.48. The van der Waals surface area contributed by atoms with Crippen LogP contribution in [0.25, 0.3) is 28.0 Å². The van der Waals surface area contributed by atoms with Crippen LogP contribution in [-0.4, -0.2) is 38.6 Å². The van der Waals surface area contributed by atoms with Gasteiger partial charge in [0.1, 0.15) is 5.56 Å². The highest BCUT2D eigenvalue weighted by Gasteiger charge is 2.32. The van der Waals surface area contributed by atoms with Crippen molar-refractivity contribution < 1.29 is 18.0 Å². The molecule has 4 heterocycles. The van der Waals surface area contributed by atoms with Gasteiger partial charge in [0.2, 0.25) is 0 Å². The Balaban J connectivity index is 1.56. The minimum absolute atomic E-state index is 0.285. The number of pyridine rings is 1. The number of halogens is 4. The van der Waals surface area contributed by atoms with Crippen molar-refractivity contribution >= 4 is 29.0 Å². The van der Waals surface area contributed by atoms with Crippen LogP contribution in [0, 0.1) is 0 Å². The van der Waals surface area contributed by atoms with Crippen molar-refractivity contribution in [1.29, 1.82) is 0 Å². The first-order valence-corrected chi connectivity index (χ1v) is 13.9. The highest BCUT2D eigenvalue weighted by Crippen LogP contribution is 2.39. The Bertz CT molecular complexity index is 1750. The molecule has 1 saturated heterocycles. The molecular weight excluding hydrogens is 565 g/mol. The smallest absolute Gasteiger partial charge is 0.354 e. The molecule has 1 amide bonds. The van der Waals surface area contributed by atoms with Crippen LogP contribution < -0.4 is 10.2 Å². The summed E-state index contributed by atoms with van der Waals surface area (Å²) in [6.45, 7) is 3.28. The number of benzene rings is 2. The Hall–Kier alpha value is -4.44. The second-order valence-electron chi connectivity index (χ2n) is 10.2. The molecule has 0 saturated carbocycles. The molecule has 2 aromatic carbocycles. The summed E-state index contributed by atoms with van der Waals surface area (Å²) in [7, 11) is 0. The summed E-state index contributed by atoms with van der Waals surface area (Å²) in [6.07, 6.45) is 0.670. The zero-order valence-electron chi connectivity index (χ0n) is 22.6. The lowest BCUT2D eigenvalue weighted by molar-refractivity contribution is -0.137. The van der Waals surface area contributed by atoms with E-state index >= 15 is 0 Å². The second kappa shape index (κ2) is 11.1. The molecule has 1 atom stereocenters. The maximum atomic E-state index is 13.9. The lowest BCUT2D eigenvalue weighted by atomic mass is 9.99. The van der Waals surface area contributed by atoms with E-state index in [4.69, 9.17) is 21.7 Å². The number of nitrogens with one attached hydrogen (secondary N) is 1. The highest BCUT2D eigenvalue weighted by atomic mass is 35.5. The summed E-state index contributed by atoms with van der Waals surface area (Å²) in [4.78, 5) is 25.0. The first kappa shape index (κ1) is 27.7. The molecule has 7 nitrogen and oxygen atoms in total. The lowest BCUT2D eigenvalue weighted by Gasteiger charge is -2.17. The average molecular weight is 591 g/mol. The molecule has 3 aromatic heterocycles.